The Kier molecular flexibility index (Phi) is 3.99. The summed E-state index contributed by atoms with van der Waals surface area (Å²) in [6.45, 7) is 5.87. The third-order valence-electron chi connectivity index (χ3n) is 2.57. The Bertz CT molecular complexity index is 410. The zero-order valence-electron chi connectivity index (χ0n) is 10.4. The van der Waals surface area contributed by atoms with Crippen LogP contribution in [0.3, 0.4) is 0 Å². The van der Waals surface area contributed by atoms with Gasteiger partial charge in [0.05, 0.1) is 13.0 Å². The van der Waals surface area contributed by atoms with Gasteiger partial charge in [0.2, 0.25) is 0 Å². The number of carboxylic acid groups (broad SMARTS) is 1. The predicted octanol–water partition coefficient (Wildman–Crippen LogP) is 2.54. The first-order chi connectivity index (χ1) is 7.88. The van der Waals surface area contributed by atoms with Crippen molar-refractivity contribution in [1.29, 1.82) is 0 Å². The standard InChI is InChI=1S/C13H18O4/c1-4-17-10-7-5-6-9(14)12(10)13(2,3)8-11(15)16/h5-7,14H,4,8H2,1-3H3,(H,15,16). The highest BCUT2D eigenvalue weighted by atomic mass is 16.5. The van der Waals surface area contributed by atoms with Gasteiger partial charge in [-0.05, 0) is 19.1 Å². The van der Waals surface area contributed by atoms with Gasteiger partial charge in [-0.3, -0.25) is 4.79 Å². The fourth-order valence-electron chi connectivity index (χ4n) is 1.94. The molecule has 0 amide bonds. The first-order valence-electron chi connectivity index (χ1n) is 5.55. The van der Waals surface area contributed by atoms with Gasteiger partial charge in [0, 0.05) is 11.0 Å². The summed E-state index contributed by atoms with van der Waals surface area (Å²) in [6, 6.07) is 4.96. The summed E-state index contributed by atoms with van der Waals surface area (Å²) in [6.07, 6.45) is -0.0648. The molecule has 4 heteroatoms. The molecule has 94 valence electrons. The molecule has 0 atom stereocenters. The second kappa shape index (κ2) is 5.08. The fourth-order valence-corrected chi connectivity index (χ4v) is 1.94. The van der Waals surface area contributed by atoms with Gasteiger partial charge in [0.25, 0.3) is 0 Å². The van der Waals surface area contributed by atoms with Crippen molar-refractivity contribution in [2.24, 2.45) is 0 Å². The summed E-state index contributed by atoms with van der Waals surface area (Å²) in [7, 11) is 0. The molecule has 4 nitrogen and oxygen atoms in total. The van der Waals surface area contributed by atoms with Gasteiger partial charge < -0.3 is 14.9 Å². The second-order valence-electron chi connectivity index (χ2n) is 4.54. The first kappa shape index (κ1) is 13.4. The quantitative estimate of drug-likeness (QED) is 0.827. The van der Waals surface area contributed by atoms with Crippen molar-refractivity contribution in [2.45, 2.75) is 32.6 Å². The molecule has 0 saturated heterocycles. The molecule has 0 aliphatic rings. The Morgan fingerprint density at radius 3 is 2.59 bits per heavy atom. The maximum Gasteiger partial charge on any atom is 0.304 e. The summed E-state index contributed by atoms with van der Waals surface area (Å²) < 4.78 is 5.43. The van der Waals surface area contributed by atoms with Crippen LogP contribution in [-0.2, 0) is 10.2 Å². The molecular weight excluding hydrogens is 220 g/mol. The van der Waals surface area contributed by atoms with E-state index in [1.54, 1.807) is 32.0 Å². The molecule has 17 heavy (non-hydrogen) atoms. The first-order valence-corrected chi connectivity index (χ1v) is 5.55. The zero-order chi connectivity index (χ0) is 13.1. The topological polar surface area (TPSA) is 66.8 Å². The van der Waals surface area contributed by atoms with Crippen molar-refractivity contribution < 1.29 is 19.7 Å². The van der Waals surface area contributed by atoms with E-state index in [0.717, 1.165) is 0 Å². The molecular formula is C13H18O4. The van der Waals surface area contributed by atoms with Gasteiger partial charge in [-0.2, -0.15) is 0 Å². The van der Waals surface area contributed by atoms with Crippen molar-refractivity contribution in [2.75, 3.05) is 6.61 Å². The van der Waals surface area contributed by atoms with Crippen molar-refractivity contribution in [3.63, 3.8) is 0 Å². The average Bonchev–Trinajstić information content (AvgIpc) is 2.15. The van der Waals surface area contributed by atoms with Crippen molar-refractivity contribution in [3.05, 3.63) is 23.8 Å². The van der Waals surface area contributed by atoms with Crippen LogP contribution in [0.25, 0.3) is 0 Å². The monoisotopic (exact) mass is 238 g/mol. The highest BCUT2D eigenvalue weighted by Gasteiger charge is 2.30. The minimum absolute atomic E-state index is 0.0648. The molecule has 0 unspecified atom stereocenters. The molecule has 1 aromatic rings. The fraction of sp³-hybridized carbons (Fsp3) is 0.462. The number of rotatable bonds is 5. The lowest BCUT2D eigenvalue weighted by Gasteiger charge is -2.26. The smallest absolute Gasteiger partial charge is 0.304 e. The van der Waals surface area contributed by atoms with Crippen LogP contribution >= 0.6 is 0 Å². The van der Waals surface area contributed by atoms with Gasteiger partial charge in [-0.25, -0.2) is 0 Å². The van der Waals surface area contributed by atoms with E-state index in [-0.39, 0.29) is 12.2 Å². The van der Waals surface area contributed by atoms with E-state index in [1.165, 1.54) is 0 Å². The molecule has 1 rings (SSSR count). The van der Waals surface area contributed by atoms with Crippen molar-refractivity contribution in [1.82, 2.24) is 0 Å². The molecule has 1 aromatic carbocycles. The molecule has 0 aliphatic carbocycles. The molecule has 0 spiro atoms. The van der Waals surface area contributed by atoms with Gasteiger partial charge in [0.1, 0.15) is 11.5 Å². The Balaban J connectivity index is 3.22. The van der Waals surface area contributed by atoms with Crippen LogP contribution in [0.1, 0.15) is 32.8 Å². The van der Waals surface area contributed by atoms with Crippen LogP contribution < -0.4 is 4.74 Å². The number of phenols is 1. The molecule has 0 aliphatic heterocycles. The molecule has 2 N–H and O–H groups in total. The summed E-state index contributed by atoms with van der Waals surface area (Å²) in [5.41, 5.74) is -0.133. The lowest BCUT2D eigenvalue weighted by Crippen LogP contribution is -2.22. The largest absolute Gasteiger partial charge is 0.508 e. The summed E-state index contributed by atoms with van der Waals surface area (Å²) in [4.78, 5) is 10.8. The maximum absolute atomic E-state index is 10.8. The summed E-state index contributed by atoms with van der Waals surface area (Å²) in [5, 5.41) is 18.8. The summed E-state index contributed by atoms with van der Waals surface area (Å²) in [5.74, 6) is -0.290. The summed E-state index contributed by atoms with van der Waals surface area (Å²) >= 11 is 0. The number of hydrogen-bond acceptors (Lipinski definition) is 3. The lowest BCUT2D eigenvalue weighted by molar-refractivity contribution is -0.138. The SMILES string of the molecule is CCOc1cccc(O)c1C(C)(C)CC(=O)O. The number of phenolic OH excluding ortho intramolecular Hbond substituents is 1. The van der Waals surface area contributed by atoms with E-state index in [4.69, 9.17) is 9.84 Å². The van der Waals surface area contributed by atoms with Crippen LogP contribution in [-0.4, -0.2) is 22.8 Å². The Morgan fingerprint density at radius 1 is 1.41 bits per heavy atom. The number of carbonyl (C=O) groups is 1. The minimum atomic E-state index is -0.902. The Labute approximate surface area is 101 Å². The number of ether oxygens (including phenoxy) is 1. The van der Waals surface area contributed by atoms with Crippen molar-refractivity contribution >= 4 is 5.97 Å². The van der Waals surface area contributed by atoms with Crippen LogP contribution in [0.2, 0.25) is 0 Å². The third-order valence-corrected chi connectivity index (χ3v) is 2.57. The molecule has 0 radical (unpaired) electrons. The van der Waals surface area contributed by atoms with Gasteiger partial charge in [-0.1, -0.05) is 19.9 Å². The molecule has 0 fully saturated rings. The maximum atomic E-state index is 10.8. The second-order valence-corrected chi connectivity index (χ2v) is 4.54. The molecule has 0 heterocycles. The van der Waals surface area contributed by atoms with E-state index >= 15 is 0 Å². The predicted molar refractivity (Wildman–Crippen MR) is 64.6 cm³/mol. The minimum Gasteiger partial charge on any atom is -0.508 e. The number of aliphatic carboxylic acids is 1. The normalized spacial score (nSPS) is 11.2. The van der Waals surface area contributed by atoms with Gasteiger partial charge in [0.15, 0.2) is 0 Å². The van der Waals surface area contributed by atoms with Crippen LogP contribution in [0, 0.1) is 0 Å². The number of carboxylic acids is 1. The molecule has 0 bridgehead atoms. The van der Waals surface area contributed by atoms with E-state index in [2.05, 4.69) is 0 Å². The number of benzene rings is 1. The van der Waals surface area contributed by atoms with Gasteiger partial charge >= 0.3 is 5.97 Å². The van der Waals surface area contributed by atoms with Crippen molar-refractivity contribution in [3.8, 4) is 11.5 Å². The zero-order valence-corrected chi connectivity index (χ0v) is 10.4. The highest BCUT2D eigenvalue weighted by molar-refractivity contribution is 5.70. The Morgan fingerprint density at radius 2 is 2.06 bits per heavy atom. The van der Waals surface area contributed by atoms with E-state index in [0.29, 0.717) is 17.9 Å². The van der Waals surface area contributed by atoms with Crippen LogP contribution in [0.5, 0.6) is 11.5 Å². The van der Waals surface area contributed by atoms with E-state index in [9.17, 15) is 9.90 Å². The molecule has 0 saturated carbocycles. The Hall–Kier alpha value is -1.71. The third kappa shape index (κ3) is 3.12. The van der Waals surface area contributed by atoms with E-state index in [1.807, 2.05) is 6.92 Å². The lowest BCUT2D eigenvalue weighted by atomic mass is 9.80. The van der Waals surface area contributed by atoms with Crippen LogP contribution in [0.15, 0.2) is 18.2 Å². The van der Waals surface area contributed by atoms with E-state index < -0.39 is 11.4 Å². The van der Waals surface area contributed by atoms with Gasteiger partial charge in [-0.15, -0.1) is 0 Å². The number of aromatic hydroxyl groups is 1. The van der Waals surface area contributed by atoms with Crippen LogP contribution in [0.4, 0.5) is 0 Å². The number of hydrogen-bond donors (Lipinski definition) is 2. The molecule has 0 aromatic heterocycles. The highest BCUT2D eigenvalue weighted by Crippen LogP contribution is 2.40. The average molecular weight is 238 g/mol.